The first kappa shape index (κ1) is 23.0. The highest BCUT2D eigenvalue weighted by Gasteiger charge is 2.16. The van der Waals surface area contributed by atoms with E-state index in [9.17, 15) is 9.59 Å². The first-order chi connectivity index (χ1) is 15.2. The largest absolute Gasteiger partial charge is 0.347 e. The molecule has 0 aliphatic heterocycles. The maximum Gasteiger partial charge on any atom is 0.268 e. The summed E-state index contributed by atoms with van der Waals surface area (Å²) >= 11 is 0. The van der Waals surface area contributed by atoms with Crippen LogP contribution in [0, 0.1) is 6.92 Å². The summed E-state index contributed by atoms with van der Waals surface area (Å²) in [5.74, 6) is -0.664. The Kier molecular flexibility index (Phi) is 7.26. The molecule has 0 saturated carbocycles. The van der Waals surface area contributed by atoms with Crippen molar-refractivity contribution in [3.8, 4) is 0 Å². The number of hydrogen-bond acceptors (Lipinski definition) is 2. The van der Waals surface area contributed by atoms with Crippen LogP contribution >= 0.6 is 0 Å². The Bertz CT molecular complexity index is 1090. The lowest BCUT2D eigenvalue weighted by Gasteiger charge is -2.19. The van der Waals surface area contributed by atoms with Crippen molar-refractivity contribution >= 4 is 17.9 Å². The van der Waals surface area contributed by atoms with E-state index in [4.69, 9.17) is 0 Å². The number of aryl methyl sites for hydroxylation is 1. The Balaban J connectivity index is 1.82. The van der Waals surface area contributed by atoms with Gasteiger partial charge in [0.05, 0.1) is 0 Å². The summed E-state index contributed by atoms with van der Waals surface area (Å²) in [4.78, 5) is 25.7. The van der Waals surface area contributed by atoms with Gasteiger partial charge in [0.2, 0.25) is 0 Å². The predicted molar refractivity (Wildman–Crippen MR) is 130 cm³/mol. The van der Waals surface area contributed by atoms with Crippen LogP contribution in [0.4, 0.5) is 0 Å². The summed E-state index contributed by atoms with van der Waals surface area (Å²) < 4.78 is 0. The van der Waals surface area contributed by atoms with Gasteiger partial charge in [-0.3, -0.25) is 9.59 Å². The summed E-state index contributed by atoms with van der Waals surface area (Å²) in [7, 11) is 0. The average Bonchev–Trinajstić information content (AvgIpc) is 2.78. The number of rotatable bonds is 6. The summed E-state index contributed by atoms with van der Waals surface area (Å²) in [5, 5.41) is 5.69. The summed E-state index contributed by atoms with van der Waals surface area (Å²) in [5.41, 5.74) is 4.93. The molecule has 0 radical (unpaired) electrons. The molecular weight excluding hydrogens is 396 g/mol. The Hall–Kier alpha value is -3.66. The van der Waals surface area contributed by atoms with Crippen molar-refractivity contribution in [1.82, 2.24) is 10.6 Å². The van der Waals surface area contributed by atoms with Gasteiger partial charge in [-0.05, 0) is 47.2 Å². The minimum atomic E-state index is -0.338. The second kappa shape index (κ2) is 10.1. The van der Waals surface area contributed by atoms with Gasteiger partial charge in [-0.15, -0.1) is 0 Å². The van der Waals surface area contributed by atoms with Crippen LogP contribution in [-0.2, 0) is 16.8 Å². The molecule has 3 aromatic rings. The smallest absolute Gasteiger partial charge is 0.268 e. The summed E-state index contributed by atoms with van der Waals surface area (Å²) in [6.07, 6.45) is 1.71. The van der Waals surface area contributed by atoms with Crippen LogP contribution in [0.15, 0.2) is 84.6 Å². The first-order valence-corrected chi connectivity index (χ1v) is 10.7. The molecule has 2 amide bonds. The van der Waals surface area contributed by atoms with E-state index >= 15 is 0 Å². The zero-order valence-electron chi connectivity index (χ0n) is 19.1. The van der Waals surface area contributed by atoms with Crippen LogP contribution in [0.5, 0.6) is 0 Å². The van der Waals surface area contributed by atoms with Crippen LogP contribution in [-0.4, -0.2) is 11.8 Å². The Morgan fingerprint density at radius 1 is 0.844 bits per heavy atom. The van der Waals surface area contributed by atoms with E-state index in [2.05, 4.69) is 31.4 Å². The third-order valence-corrected chi connectivity index (χ3v) is 5.19. The maximum atomic E-state index is 13.0. The molecule has 0 saturated heterocycles. The summed E-state index contributed by atoms with van der Waals surface area (Å²) in [6.45, 7) is 8.86. The van der Waals surface area contributed by atoms with Crippen LogP contribution in [0.2, 0.25) is 0 Å². The van der Waals surface area contributed by atoms with Gasteiger partial charge in [0, 0.05) is 12.1 Å². The number of amides is 2. The highest BCUT2D eigenvalue weighted by Crippen LogP contribution is 2.22. The fourth-order valence-electron chi connectivity index (χ4n) is 3.17. The number of hydrogen-bond donors (Lipinski definition) is 2. The zero-order chi connectivity index (χ0) is 23.1. The minimum Gasteiger partial charge on any atom is -0.347 e. The van der Waals surface area contributed by atoms with E-state index in [-0.39, 0.29) is 22.9 Å². The van der Waals surface area contributed by atoms with E-state index in [0.29, 0.717) is 12.1 Å². The van der Waals surface area contributed by atoms with E-state index in [1.807, 2.05) is 61.5 Å². The first-order valence-electron chi connectivity index (χ1n) is 10.7. The van der Waals surface area contributed by atoms with E-state index in [0.717, 1.165) is 16.7 Å². The van der Waals surface area contributed by atoms with Crippen LogP contribution in [0.1, 0.15) is 53.4 Å². The zero-order valence-corrected chi connectivity index (χ0v) is 19.1. The van der Waals surface area contributed by atoms with Gasteiger partial charge in [0.1, 0.15) is 5.70 Å². The number of carbonyl (C=O) groups is 2. The lowest BCUT2D eigenvalue weighted by Crippen LogP contribution is -2.34. The van der Waals surface area contributed by atoms with Gasteiger partial charge in [-0.2, -0.15) is 0 Å². The molecule has 0 heterocycles. The number of benzene rings is 3. The molecule has 0 aromatic heterocycles. The second-order valence-electron chi connectivity index (χ2n) is 8.92. The van der Waals surface area contributed by atoms with E-state index in [1.54, 1.807) is 30.3 Å². The number of nitrogens with one attached hydrogen (secondary N) is 2. The monoisotopic (exact) mass is 426 g/mol. The standard InChI is InChI=1S/C28H30N2O2/c1-20-10-12-22(13-11-20)19-29-27(32)25(30-26(31)23-8-6-5-7-9-23)18-21-14-16-24(17-15-21)28(2,3)4/h5-18H,19H2,1-4H3,(H,29,32)(H,30,31)/b25-18-. The van der Waals surface area contributed by atoms with Gasteiger partial charge in [-0.1, -0.05) is 93.1 Å². The minimum absolute atomic E-state index is 0.0397. The Labute approximate surface area is 190 Å². The molecule has 0 spiro atoms. The molecule has 32 heavy (non-hydrogen) atoms. The van der Waals surface area contributed by atoms with Crippen molar-refractivity contribution in [3.63, 3.8) is 0 Å². The topological polar surface area (TPSA) is 58.2 Å². The third kappa shape index (κ3) is 6.42. The van der Waals surface area contributed by atoms with Crippen molar-refractivity contribution in [2.24, 2.45) is 0 Å². The van der Waals surface area contributed by atoms with Crippen molar-refractivity contribution in [2.45, 2.75) is 39.7 Å². The fraction of sp³-hybridized carbons (Fsp3) is 0.214. The molecule has 4 nitrogen and oxygen atoms in total. The van der Waals surface area contributed by atoms with Gasteiger partial charge in [0.25, 0.3) is 11.8 Å². The molecule has 4 heteroatoms. The molecule has 3 rings (SSSR count). The van der Waals surface area contributed by atoms with Crippen LogP contribution in [0.25, 0.3) is 6.08 Å². The lowest BCUT2D eigenvalue weighted by molar-refractivity contribution is -0.117. The van der Waals surface area contributed by atoms with Gasteiger partial charge < -0.3 is 10.6 Å². The quantitative estimate of drug-likeness (QED) is 0.520. The molecule has 0 fully saturated rings. The van der Waals surface area contributed by atoms with E-state index < -0.39 is 0 Å². The van der Waals surface area contributed by atoms with Gasteiger partial charge in [0.15, 0.2) is 0 Å². The molecule has 0 aliphatic carbocycles. The van der Waals surface area contributed by atoms with Crippen molar-refractivity contribution < 1.29 is 9.59 Å². The molecule has 3 aromatic carbocycles. The predicted octanol–water partition coefficient (Wildman–Crippen LogP) is 5.38. The lowest BCUT2D eigenvalue weighted by atomic mass is 9.86. The molecule has 164 valence electrons. The van der Waals surface area contributed by atoms with Crippen molar-refractivity contribution in [1.29, 1.82) is 0 Å². The summed E-state index contributed by atoms with van der Waals surface area (Å²) in [6, 6.07) is 24.9. The molecule has 0 aliphatic rings. The van der Waals surface area contributed by atoms with E-state index in [1.165, 1.54) is 5.56 Å². The van der Waals surface area contributed by atoms with Crippen molar-refractivity contribution in [2.75, 3.05) is 0 Å². The average molecular weight is 427 g/mol. The molecule has 0 atom stereocenters. The molecule has 0 bridgehead atoms. The Morgan fingerprint density at radius 2 is 1.47 bits per heavy atom. The highest BCUT2D eigenvalue weighted by molar-refractivity contribution is 6.05. The second-order valence-corrected chi connectivity index (χ2v) is 8.92. The van der Waals surface area contributed by atoms with Gasteiger partial charge in [-0.25, -0.2) is 0 Å². The third-order valence-electron chi connectivity index (χ3n) is 5.19. The molecule has 0 unspecified atom stereocenters. The van der Waals surface area contributed by atoms with Gasteiger partial charge >= 0.3 is 0 Å². The maximum absolute atomic E-state index is 13.0. The normalized spacial score (nSPS) is 11.7. The molecule has 2 N–H and O–H groups in total. The van der Waals surface area contributed by atoms with Crippen molar-refractivity contribution in [3.05, 3.63) is 112 Å². The SMILES string of the molecule is Cc1ccc(CNC(=O)/C(=C/c2ccc(C(C)(C)C)cc2)NC(=O)c2ccccc2)cc1. The molecular formula is C28H30N2O2. The highest BCUT2D eigenvalue weighted by atomic mass is 16.2. The van der Waals surface area contributed by atoms with Crippen LogP contribution in [0.3, 0.4) is 0 Å². The van der Waals surface area contributed by atoms with Crippen LogP contribution < -0.4 is 10.6 Å². The fourth-order valence-corrected chi connectivity index (χ4v) is 3.17. The Morgan fingerprint density at radius 3 is 2.06 bits per heavy atom. The number of carbonyl (C=O) groups excluding carboxylic acids is 2.